The fourth-order valence-corrected chi connectivity index (χ4v) is 2.24. The molecular weight excluding hydrogens is 264 g/mol. The Bertz CT molecular complexity index is 501. The summed E-state index contributed by atoms with van der Waals surface area (Å²) in [6, 6.07) is -1.44. The molecular formula is C12H18N4O4. The fourth-order valence-electron chi connectivity index (χ4n) is 2.24. The molecule has 2 heterocycles. The first-order chi connectivity index (χ1) is 9.47. The van der Waals surface area contributed by atoms with E-state index in [2.05, 4.69) is 10.4 Å². The van der Waals surface area contributed by atoms with Crippen LogP contribution in [-0.2, 0) is 11.3 Å². The van der Waals surface area contributed by atoms with Crippen LogP contribution in [0.4, 0.5) is 4.79 Å². The first-order valence-corrected chi connectivity index (χ1v) is 6.42. The Hall–Kier alpha value is -2.09. The molecule has 1 aromatic rings. The van der Waals surface area contributed by atoms with E-state index in [0.717, 1.165) is 10.5 Å². The summed E-state index contributed by atoms with van der Waals surface area (Å²) in [5.74, 6) is -1.10. The minimum Gasteiger partial charge on any atom is -0.480 e. The highest BCUT2D eigenvalue weighted by atomic mass is 16.4. The van der Waals surface area contributed by atoms with Gasteiger partial charge in [0.1, 0.15) is 6.04 Å². The number of urea groups is 1. The molecule has 8 nitrogen and oxygen atoms in total. The number of aromatic nitrogens is 2. The van der Waals surface area contributed by atoms with Crippen molar-refractivity contribution in [3.8, 4) is 0 Å². The molecule has 110 valence electrons. The summed E-state index contributed by atoms with van der Waals surface area (Å²) in [6.45, 7) is 2.82. The van der Waals surface area contributed by atoms with E-state index in [1.54, 1.807) is 10.9 Å². The average Bonchev–Trinajstić information content (AvgIpc) is 2.95. The molecule has 0 aliphatic carbocycles. The number of β-amino-alcohol motifs (C(OH)–C–C–N with tert-alkyl or cyclic N) is 1. The van der Waals surface area contributed by atoms with Crippen molar-refractivity contribution in [3.05, 3.63) is 18.0 Å². The maximum atomic E-state index is 11.9. The van der Waals surface area contributed by atoms with Gasteiger partial charge in [0.15, 0.2) is 0 Å². The molecule has 1 aromatic heterocycles. The fraction of sp³-hybridized carbons (Fsp3) is 0.583. The maximum absolute atomic E-state index is 11.9. The van der Waals surface area contributed by atoms with Crippen LogP contribution in [0, 0.1) is 6.92 Å². The summed E-state index contributed by atoms with van der Waals surface area (Å²) in [7, 11) is 0. The largest absolute Gasteiger partial charge is 0.480 e. The molecule has 0 saturated carbocycles. The number of aliphatic hydroxyl groups is 1. The van der Waals surface area contributed by atoms with Gasteiger partial charge < -0.3 is 20.4 Å². The molecule has 0 aromatic carbocycles. The number of hydrogen-bond acceptors (Lipinski definition) is 4. The zero-order valence-electron chi connectivity index (χ0n) is 11.2. The van der Waals surface area contributed by atoms with Crippen LogP contribution < -0.4 is 5.32 Å². The van der Waals surface area contributed by atoms with Crippen molar-refractivity contribution in [3.63, 3.8) is 0 Å². The average molecular weight is 282 g/mol. The second kappa shape index (κ2) is 5.91. The zero-order chi connectivity index (χ0) is 14.7. The number of aliphatic hydroxyl groups excluding tert-OH is 1. The normalized spacial score (nSPS) is 22.0. The number of carboxylic acid groups (broad SMARTS) is 1. The lowest BCUT2D eigenvalue weighted by Gasteiger charge is -2.21. The van der Waals surface area contributed by atoms with Gasteiger partial charge in [0.2, 0.25) is 0 Å². The Morgan fingerprint density at radius 3 is 2.90 bits per heavy atom. The monoisotopic (exact) mass is 282 g/mol. The van der Waals surface area contributed by atoms with Gasteiger partial charge in [0.05, 0.1) is 18.8 Å². The summed E-state index contributed by atoms with van der Waals surface area (Å²) in [6.07, 6.45) is 2.86. The van der Waals surface area contributed by atoms with Crippen molar-refractivity contribution >= 4 is 12.0 Å². The maximum Gasteiger partial charge on any atom is 0.326 e. The van der Waals surface area contributed by atoms with E-state index >= 15 is 0 Å². The lowest BCUT2D eigenvalue weighted by molar-refractivity contribution is -0.141. The summed E-state index contributed by atoms with van der Waals surface area (Å²) in [4.78, 5) is 24.1. The van der Waals surface area contributed by atoms with Gasteiger partial charge >= 0.3 is 12.0 Å². The van der Waals surface area contributed by atoms with Crippen LogP contribution >= 0.6 is 0 Å². The number of likely N-dealkylation sites (tertiary alicyclic amines) is 1. The second-order valence-electron chi connectivity index (χ2n) is 4.91. The highest BCUT2D eigenvalue weighted by molar-refractivity contribution is 5.83. The van der Waals surface area contributed by atoms with E-state index in [1.165, 1.54) is 0 Å². The topological polar surface area (TPSA) is 108 Å². The van der Waals surface area contributed by atoms with Gasteiger partial charge in [-0.2, -0.15) is 5.10 Å². The van der Waals surface area contributed by atoms with E-state index in [-0.39, 0.29) is 13.0 Å². The minimum absolute atomic E-state index is 0.0453. The molecule has 2 rings (SSSR count). The molecule has 8 heteroatoms. The van der Waals surface area contributed by atoms with Crippen molar-refractivity contribution < 1.29 is 19.8 Å². The summed E-state index contributed by atoms with van der Waals surface area (Å²) in [5.41, 5.74) is 1.03. The Labute approximate surface area is 116 Å². The zero-order valence-corrected chi connectivity index (χ0v) is 11.2. The number of rotatable bonds is 4. The van der Waals surface area contributed by atoms with Gasteiger partial charge in [-0.1, -0.05) is 0 Å². The van der Waals surface area contributed by atoms with Crippen LogP contribution in [0.5, 0.6) is 0 Å². The van der Waals surface area contributed by atoms with Gasteiger partial charge in [-0.05, 0) is 12.5 Å². The third-order valence-corrected chi connectivity index (χ3v) is 3.20. The number of hydrogen-bond donors (Lipinski definition) is 3. The Morgan fingerprint density at radius 2 is 2.30 bits per heavy atom. The van der Waals surface area contributed by atoms with Crippen LogP contribution in [-0.4, -0.2) is 62.1 Å². The Morgan fingerprint density at radius 1 is 1.55 bits per heavy atom. The molecule has 1 aliphatic heterocycles. The third kappa shape index (κ3) is 3.27. The van der Waals surface area contributed by atoms with E-state index in [9.17, 15) is 14.7 Å². The smallest absolute Gasteiger partial charge is 0.326 e. The Balaban J connectivity index is 1.83. The molecule has 1 aliphatic rings. The SMILES string of the molecule is Cc1cnn(CCNC(=O)N2CC(O)CC2C(=O)O)c1. The minimum atomic E-state index is -1.10. The van der Waals surface area contributed by atoms with Crippen molar-refractivity contribution in [2.24, 2.45) is 0 Å². The predicted octanol–water partition coefficient (Wildman–Crippen LogP) is -0.579. The highest BCUT2D eigenvalue weighted by Gasteiger charge is 2.38. The van der Waals surface area contributed by atoms with Gasteiger partial charge in [-0.15, -0.1) is 0 Å². The molecule has 20 heavy (non-hydrogen) atoms. The summed E-state index contributed by atoms with van der Waals surface area (Å²) in [5, 5.41) is 25.2. The second-order valence-corrected chi connectivity index (χ2v) is 4.91. The van der Waals surface area contributed by atoms with Crippen LogP contribution in [0.15, 0.2) is 12.4 Å². The van der Waals surface area contributed by atoms with Crippen LogP contribution in [0.25, 0.3) is 0 Å². The number of carboxylic acids is 1. The van der Waals surface area contributed by atoms with Crippen molar-refractivity contribution in [1.29, 1.82) is 0 Å². The van der Waals surface area contributed by atoms with Crippen molar-refractivity contribution in [2.45, 2.75) is 32.0 Å². The van der Waals surface area contributed by atoms with Gasteiger partial charge in [0.25, 0.3) is 0 Å². The first-order valence-electron chi connectivity index (χ1n) is 6.42. The quantitative estimate of drug-likeness (QED) is 0.685. The number of nitrogens with zero attached hydrogens (tertiary/aromatic N) is 3. The molecule has 2 atom stereocenters. The summed E-state index contributed by atoms with van der Waals surface area (Å²) >= 11 is 0. The van der Waals surface area contributed by atoms with Crippen LogP contribution in [0.3, 0.4) is 0 Å². The number of carbonyl (C=O) groups is 2. The number of amides is 2. The number of aliphatic carboxylic acids is 1. The Kier molecular flexibility index (Phi) is 4.23. The van der Waals surface area contributed by atoms with Crippen LogP contribution in [0.2, 0.25) is 0 Å². The first kappa shape index (κ1) is 14.3. The van der Waals surface area contributed by atoms with E-state index in [0.29, 0.717) is 13.1 Å². The predicted molar refractivity (Wildman–Crippen MR) is 69.1 cm³/mol. The molecule has 0 radical (unpaired) electrons. The molecule has 2 unspecified atom stereocenters. The molecule has 3 N–H and O–H groups in total. The van der Waals surface area contributed by atoms with E-state index < -0.39 is 24.1 Å². The van der Waals surface area contributed by atoms with E-state index in [4.69, 9.17) is 5.11 Å². The summed E-state index contributed by atoms with van der Waals surface area (Å²) < 4.78 is 1.70. The lowest BCUT2D eigenvalue weighted by Crippen LogP contribution is -2.46. The third-order valence-electron chi connectivity index (χ3n) is 3.20. The molecule has 1 saturated heterocycles. The van der Waals surface area contributed by atoms with Gasteiger partial charge in [0, 0.05) is 25.7 Å². The van der Waals surface area contributed by atoms with Crippen molar-refractivity contribution in [1.82, 2.24) is 20.0 Å². The number of aryl methyl sites for hydroxylation is 1. The van der Waals surface area contributed by atoms with Crippen LogP contribution in [0.1, 0.15) is 12.0 Å². The lowest BCUT2D eigenvalue weighted by atomic mass is 10.2. The number of carbonyl (C=O) groups excluding carboxylic acids is 1. The standard InChI is InChI=1S/C12H18N4O4/c1-8-5-14-15(6-8)3-2-13-12(20)16-7-9(17)4-10(16)11(18)19/h5-6,9-10,17H,2-4,7H2,1H3,(H,13,20)(H,18,19). The van der Waals surface area contributed by atoms with E-state index in [1.807, 2.05) is 13.1 Å². The highest BCUT2D eigenvalue weighted by Crippen LogP contribution is 2.17. The molecule has 1 fully saturated rings. The molecule has 2 amide bonds. The van der Waals surface area contributed by atoms with Gasteiger partial charge in [-0.3, -0.25) is 4.68 Å². The van der Waals surface area contributed by atoms with Gasteiger partial charge in [-0.25, -0.2) is 9.59 Å². The number of nitrogens with one attached hydrogen (secondary N) is 1. The van der Waals surface area contributed by atoms with Crippen molar-refractivity contribution in [2.75, 3.05) is 13.1 Å². The molecule has 0 bridgehead atoms. The molecule has 0 spiro atoms.